The van der Waals surface area contributed by atoms with Crippen LogP contribution in [0.2, 0.25) is 0 Å². The molecule has 0 aromatic heterocycles. The number of hydrogen-bond acceptors (Lipinski definition) is 2. The molecule has 0 aliphatic carbocycles. The molecule has 1 atom stereocenters. The number of amides is 1. The van der Waals surface area contributed by atoms with Crippen LogP contribution in [0.5, 0.6) is 0 Å². The van der Waals surface area contributed by atoms with Crippen LogP contribution >= 0.6 is 0 Å². The van der Waals surface area contributed by atoms with Crippen LogP contribution in [0.4, 0.5) is 0 Å². The van der Waals surface area contributed by atoms with E-state index in [9.17, 15) is 4.79 Å². The van der Waals surface area contributed by atoms with Gasteiger partial charge in [0.2, 0.25) is 0 Å². The van der Waals surface area contributed by atoms with Gasteiger partial charge in [-0.3, -0.25) is 4.79 Å². The van der Waals surface area contributed by atoms with Gasteiger partial charge in [-0.05, 0) is 32.0 Å². The molecule has 90 valence electrons. The molecule has 3 nitrogen and oxygen atoms in total. The third-order valence-electron chi connectivity index (χ3n) is 3.91. The second kappa shape index (κ2) is 3.84. The molecule has 1 fully saturated rings. The minimum atomic E-state index is 0.220. The molecule has 0 saturated carbocycles. The third-order valence-corrected chi connectivity index (χ3v) is 3.91. The minimum Gasteiger partial charge on any atom is -0.330 e. The summed E-state index contributed by atoms with van der Waals surface area (Å²) in [6, 6.07) is 8.75. The highest BCUT2D eigenvalue weighted by molar-refractivity contribution is 5.97. The van der Waals surface area contributed by atoms with Crippen molar-refractivity contribution in [3.63, 3.8) is 0 Å². The number of carbonyl (C=O) groups excluding carboxylic acids is 1. The number of benzene rings is 1. The largest absolute Gasteiger partial charge is 0.330 e. The number of likely N-dealkylation sites (tertiary alicyclic amines) is 1. The average Bonchev–Trinajstić information content (AvgIpc) is 2.26. The first kappa shape index (κ1) is 10.8. The second-order valence-electron chi connectivity index (χ2n) is 5.30. The monoisotopic (exact) mass is 230 g/mol. The van der Waals surface area contributed by atoms with Gasteiger partial charge in [-0.2, -0.15) is 0 Å². The molecule has 17 heavy (non-hydrogen) atoms. The van der Waals surface area contributed by atoms with Crippen LogP contribution in [0.3, 0.4) is 0 Å². The Labute approximate surface area is 102 Å². The molecule has 2 heterocycles. The van der Waals surface area contributed by atoms with E-state index in [0.717, 1.165) is 25.1 Å². The number of carbonyl (C=O) groups is 1. The van der Waals surface area contributed by atoms with Crippen molar-refractivity contribution in [2.75, 3.05) is 20.1 Å². The van der Waals surface area contributed by atoms with Crippen molar-refractivity contribution in [2.24, 2.45) is 0 Å². The first-order valence-corrected chi connectivity index (χ1v) is 6.26. The lowest BCUT2D eigenvalue weighted by Crippen LogP contribution is -2.63. The summed E-state index contributed by atoms with van der Waals surface area (Å²) in [5.74, 6) is 0.220. The zero-order chi connectivity index (χ0) is 12.0. The summed E-state index contributed by atoms with van der Waals surface area (Å²) in [6.45, 7) is 4.18. The van der Waals surface area contributed by atoms with Crippen LogP contribution in [0.15, 0.2) is 24.3 Å². The predicted octanol–water partition coefficient (Wildman–Crippen LogP) is 1.39. The van der Waals surface area contributed by atoms with E-state index in [2.05, 4.69) is 29.8 Å². The molecule has 0 spiro atoms. The molecule has 2 aliphatic heterocycles. The average molecular weight is 230 g/mol. The van der Waals surface area contributed by atoms with Crippen LogP contribution in [-0.4, -0.2) is 47.9 Å². The highest BCUT2D eigenvalue weighted by Gasteiger charge is 2.38. The van der Waals surface area contributed by atoms with Crippen LogP contribution < -0.4 is 0 Å². The number of hydrogen-bond donors (Lipinski definition) is 0. The van der Waals surface area contributed by atoms with E-state index in [0.29, 0.717) is 12.1 Å². The molecule has 3 heteroatoms. The van der Waals surface area contributed by atoms with E-state index in [1.165, 1.54) is 5.56 Å². The molecule has 2 aliphatic rings. The lowest BCUT2D eigenvalue weighted by molar-refractivity contribution is 0.0195. The van der Waals surface area contributed by atoms with Gasteiger partial charge in [0.05, 0.1) is 6.04 Å². The number of rotatable bonds is 1. The fourth-order valence-corrected chi connectivity index (χ4v) is 3.03. The van der Waals surface area contributed by atoms with Gasteiger partial charge < -0.3 is 9.80 Å². The normalized spacial score (nSPS) is 25.6. The topological polar surface area (TPSA) is 23.6 Å². The van der Waals surface area contributed by atoms with Crippen molar-refractivity contribution in [2.45, 2.75) is 25.4 Å². The van der Waals surface area contributed by atoms with Gasteiger partial charge in [-0.25, -0.2) is 0 Å². The molecule has 1 aromatic carbocycles. The maximum Gasteiger partial charge on any atom is 0.254 e. The summed E-state index contributed by atoms with van der Waals surface area (Å²) in [7, 11) is 2.10. The zero-order valence-corrected chi connectivity index (χ0v) is 10.4. The standard InChI is InChI=1S/C14H18N2O/c1-10-7-11-5-3-4-6-13(11)14(17)16(10)12-8-15(2)9-12/h3-6,10,12H,7-9H2,1-2H3. The molecule has 1 aromatic rings. The van der Waals surface area contributed by atoms with Crippen molar-refractivity contribution in [3.05, 3.63) is 35.4 Å². The highest BCUT2D eigenvalue weighted by Crippen LogP contribution is 2.27. The van der Waals surface area contributed by atoms with E-state index in [4.69, 9.17) is 0 Å². The van der Waals surface area contributed by atoms with Gasteiger partial charge in [0.15, 0.2) is 0 Å². The molecule has 1 unspecified atom stereocenters. The van der Waals surface area contributed by atoms with Gasteiger partial charge in [0.25, 0.3) is 5.91 Å². The first-order valence-electron chi connectivity index (χ1n) is 6.26. The Morgan fingerprint density at radius 3 is 2.65 bits per heavy atom. The van der Waals surface area contributed by atoms with Crippen LogP contribution in [-0.2, 0) is 6.42 Å². The van der Waals surface area contributed by atoms with Crippen LogP contribution in [0.25, 0.3) is 0 Å². The quantitative estimate of drug-likeness (QED) is 0.728. The van der Waals surface area contributed by atoms with Gasteiger partial charge in [0.1, 0.15) is 0 Å². The Kier molecular flexibility index (Phi) is 2.44. The van der Waals surface area contributed by atoms with Crippen molar-refractivity contribution in [3.8, 4) is 0 Å². The van der Waals surface area contributed by atoms with Crippen molar-refractivity contribution < 1.29 is 4.79 Å². The van der Waals surface area contributed by atoms with Crippen molar-refractivity contribution in [1.29, 1.82) is 0 Å². The van der Waals surface area contributed by atoms with E-state index >= 15 is 0 Å². The Morgan fingerprint density at radius 1 is 1.24 bits per heavy atom. The summed E-state index contributed by atoms with van der Waals surface area (Å²) < 4.78 is 0. The van der Waals surface area contributed by atoms with Gasteiger partial charge in [-0.15, -0.1) is 0 Å². The summed E-state index contributed by atoms with van der Waals surface area (Å²) in [5.41, 5.74) is 2.11. The fourth-order valence-electron chi connectivity index (χ4n) is 3.03. The zero-order valence-electron chi connectivity index (χ0n) is 10.4. The molecule has 1 saturated heterocycles. The SMILES string of the molecule is CC1Cc2ccccc2C(=O)N1C1CN(C)C1. The number of fused-ring (bicyclic) bond motifs is 1. The second-order valence-corrected chi connectivity index (χ2v) is 5.30. The van der Waals surface area contributed by atoms with Crippen LogP contribution in [0.1, 0.15) is 22.8 Å². The van der Waals surface area contributed by atoms with E-state index in [1.54, 1.807) is 0 Å². The molecule has 0 radical (unpaired) electrons. The lowest BCUT2D eigenvalue weighted by atomic mass is 9.91. The Hall–Kier alpha value is -1.35. The third kappa shape index (κ3) is 1.65. The van der Waals surface area contributed by atoms with Gasteiger partial charge >= 0.3 is 0 Å². The Morgan fingerprint density at radius 2 is 1.94 bits per heavy atom. The Bertz CT molecular complexity index is 451. The maximum absolute atomic E-state index is 12.5. The van der Waals surface area contributed by atoms with Crippen LogP contribution in [0, 0.1) is 0 Å². The van der Waals surface area contributed by atoms with E-state index in [-0.39, 0.29) is 5.91 Å². The summed E-state index contributed by atoms with van der Waals surface area (Å²) in [5, 5.41) is 0. The highest BCUT2D eigenvalue weighted by atomic mass is 16.2. The molecule has 0 bridgehead atoms. The van der Waals surface area contributed by atoms with E-state index < -0.39 is 0 Å². The molecule has 1 amide bonds. The molecular formula is C14H18N2O. The summed E-state index contributed by atoms with van der Waals surface area (Å²) in [6.07, 6.45) is 0.988. The smallest absolute Gasteiger partial charge is 0.254 e. The summed E-state index contributed by atoms with van der Waals surface area (Å²) >= 11 is 0. The molecule has 3 rings (SSSR count). The maximum atomic E-state index is 12.5. The van der Waals surface area contributed by atoms with Gasteiger partial charge in [0, 0.05) is 24.7 Å². The number of nitrogens with zero attached hydrogens (tertiary/aromatic N) is 2. The first-order chi connectivity index (χ1) is 8.16. The Balaban J connectivity index is 1.90. The van der Waals surface area contributed by atoms with E-state index in [1.807, 2.05) is 18.2 Å². The molecule has 0 N–H and O–H groups in total. The van der Waals surface area contributed by atoms with Gasteiger partial charge in [-0.1, -0.05) is 18.2 Å². The lowest BCUT2D eigenvalue weighted by Gasteiger charge is -2.48. The van der Waals surface area contributed by atoms with Crippen molar-refractivity contribution in [1.82, 2.24) is 9.80 Å². The van der Waals surface area contributed by atoms with Crippen molar-refractivity contribution >= 4 is 5.91 Å². The molecular weight excluding hydrogens is 212 g/mol. The fraction of sp³-hybridized carbons (Fsp3) is 0.500. The summed E-state index contributed by atoms with van der Waals surface area (Å²) in [4.78, 5) is 16.8. The predicted molar refractivity (Wildman–Crippen MR) is 67.1 cm³/mol. The minimum absolute atomic E-state index is 0.220. The number of likely N-dealkylation sites (N-methyl/N-ethyl adjacent to an activating group) is 1.